The molecule has 1 aromatic heterocycles. The molecule has 124 valence electrons. The van der Waals surface area contributed by atoms with Crippen LogP contribution in [0.3, 0.4) is 0 Å². The van der Waals surface area contributed by atoms with Crippen molar-refractivity contribution < 1.29 is 9.53 Å². The second-order valence-electron chi connectivity index (χ2n) is 6.76. The molecule has 2 rings (SSSR count). The van der Waals surface area contributed by atoms with Crippen LogP contribution in [-0.2, 0) is 11.3 Å². The first-order chi connectivity index (χ1) is 10.3. The summed E-state index contributed by atoms with van der Waals surface area (Å²) in [5, 5.41) is 8.24. The predicted octanol–water partition coefficient (Wildman–Crippen LogP) is 2.36. The summed E-state index contributed by atoms with van der Waals surface area (Å²) in [7, 11) is 0. The molecule has 1 amide bonds. The van der Waals surface area contributed by atoms with E-state index in [1.807, 2.05) is 26.2 Å². The smallest absolute Gasteiger partial charge is 0.407 e. The molecule has 7 heteroatoms. The van der Waals surface area contributed by atoms with Crippen molar-refractivity contribution in [1.82, 2.24) is 15.6 Å². The Morgan fingerprint density at radius 2 is 2.14 bits per heavy atom. The van der Waals surface area contributed by atoms with Crippen LogP contribution in [0.1, 0.15) is 52.1 Å². The molecule has 1 fully saturated rings. The maximum Gasteiger partial charge on any atom is 0.407 e. The minimum Gasteiger partial charge on any atom is -0.444 e. The van der Waals surface area contributed by atoms with Gasteiger partial charge in [-0.15, -0.1) is 0 Å². The number of aromatic nitrogens is 1. The summed E-state index contributed by atoms with van der Waals surface area (Å²) in [6.07, 6.45) is 3.67. The van der Waals surface area contributed by atoms with Crippen molar-refractivity contribution in [2.24, 2.45) is 0 Å². The van der Waals surface area contributed by atoms with Gasteiger partial charge in [-0.05, 0) is 46.5 Å². The average Bonchev–Trinajstić information content (AvgIpc) is 2.80. The fourth-order valence-electron chi connectivity index (χ4n) is 2.64. The van der Waals surface area contributed by atoms with E-state index >= 15 is 0 Å². The van der Waals surface area contributed by atoms with Crippen LogP contribution in [0.15, 0.2) is 10.2 Å². The fourth-order valence-corrected chi connectivity index (χ4v) is 3.22. The summed E-state index contributed by atoms with van der Waals surface area (Å²) >= 11 is 1.18. The Hall–Kier alpha value is -1.34. The molecular weight excluding hydrogens is 302 g/mol. The molecule has 2 unspecified atom stereocenters. The number of hydrogen-bond acceptors (Lipinski definition) is 5. The predicted molar refractivity (Wildman–Crippen MR) is 87.2 cm³/mol. The first-order valence-corrected chi connectivity index (χ1v) is 8.59. The highest BCUT2D eigenvalue weighted by Gasteiger charge is 2.25. The highest BCUT2D eigenvalue weighted by Crippen LogP contribution is 2.19. The van der Waals surface area contributed by atoms with Gasteiger partial charge in [0, 0.05) is 29.7 Å². The lowest BCUT2D eigenvalue weighted by Gasteiger charge is -2.31. The monoisotopic (exact) mass is 327 g/mol. The zero-order chi connectivity index (χ0) is 16.2. The van der Waals surface area contributed by atoms with Crippen LogP contribution >= 0.6 is 11.3 Å². The maximum atomic E-state index is 11.8. The normalized spacial score (nSPS) is 22.3. The standard InChI is InChI=1S/C15H25N3O3S/c1-15(2,3)21-13(19)17-11-6-4-5-10(7-11)16-8-12-9-22-14(20)18-12/h9-11,16H,4-8H2,1-3H3,(H,17,19)(H,18,20). The number of rotatable bonds is 4. The van der Waals surface area contributed by atoms with E-state index in [0.717, 1.165) is 31.4 Å². The lowest BCUT2D eigenvalue weighted by atomic mass is 9.91. The fraction of sp³-hybridized carbons (Fsp3) is 0.733. The van der Waals surface area contributed by atoms with Crippen molar-refractivity contribution in [3.8, 4) is 0 Å². The topological polar surface area (TPSA) is 83.2 Å². The van der Waals surface area contributed by atoms with Crippen LogP contribution in [0, 0.1) is 0 Å². The van der Waals surface area contributed by atoms with E-state index in [0.29, 0.717) is 12.6 Å². The third-order valence-corrected chi connectivity index (χ3v) is 4.27. The van der Waals surface area contributed by atoms with Crippen molar-refractivity contribution in [3.05, 3.63) is 20.7 Å². The molecule has 3 N–H and O–H groups in total. The van der Waals surface area contributed by atoms with Crippen molar-refractivity contribution in [2.75, 3.05) is 0 Å². The summed E-state index contributed by atoms with van der Waals surface area (Å²) in [4.78, 5) is 25.7. The molecule has 1 aliphatic rings. The number of amides is 1. The SMILES string of the molecule is CC(C)(C)OC(=O)NC1CCCC(NCc2csc(=O)[nH]2)C1. The number of H-pyrrole nitrogens is 1. The molecule has 1 saturated carbocycles. The quantitative estimate of drug-likeness (QED) is 0.793. The highest BCUT2D eigenvalue weighted by atomic mass is 32.1. The third kappa shape index (κ3) is 5.81. The number of hydrogen-bond donors (Lipinski definition) is 3. The number of ether oxygens (including phenoxy) is 1. The van der Waals surface area contributed by atoms with Gasteiger partial charge in [0.05, 0.1) is 0 Å². The molecule has 0 bridgehead atoms. The Morgan fingerprint density at radius 3 is 2.77 bits per heavy atom. The molecule has 0 spiro atoms. The number of thiazole rings is 1. The minimum absolute atomic E-state index is 0.0232. The van der Waals surface area contributed by atoms with Gasteiger partial charge in [-0.2, -0.15) is 0 Å². The molecule has 0 aliphatic heterocycles. The number of carbonyl (C=O) groups excluding carboxylic acids is 1. The first kappa shape index (κ1) is 17.0. The number of carbonyl (C=O) groups is 1. The Kier molecular flexibility index (Phi) is 5.63. The van der Waals surface area contributed by atoms with Crippen LogP contribution in [0.4, 0.5) is 4.79 Å². The average molecular weight is 327 g/mol. The van der Waals surface area contributed by atoms with Crippen LogP contribution in [-0.4, -0.2) is 28.8 Å². The Balaban J connectivity index is 1.76. The highest BCUT2D eigenvalue weighted by molar-refractivity contribution is 7.07. The Bertz CT molecular complexity index is 547. The van der Waals surface area contributed by atoms with Crippen molar-refractivity contribution in [1.29, 1.82) is 0 Å². The van der Waals surface area contributed by atoms with Gasteiger partial charge in [-0.3, -0.25) is 4.79 Å². The van der Waals surface area contributed by atoms with Gasteiger partial charge in [-0.25, -0.2) is 4.79 Å². The third-order valence-electron chi connectivity index (χ3n) is 3.55. The van der Waals surface area contributed by atoms with Crippen molar-refractivity contribution >= 4 is 17.4 Å². The summed E-state index contributed by atoms with van der Waals surface area (Å²) in [5.41, 5.74) is 0.443. The largest absolute Gasteiger partial charge is 0.444 e. The van der Waals surface area contributed by atoms with Gasteiger partial charge in [0.15, 0.2) is 0 Å². The van der Waals surface area contributed by atoms with Gasteiger partial charge in [-0.1, -0.05) is 11.3 Å². The Labute approximate surface area is 134 Å². The Morgan fingerprint density at radius 1 is 1.41 bits per heavy atom. The lowest BCUT2D eigenvalue weighted by molar-refractivity contribution is 0.0488. The molecule has 1 heterocycles. The van der Waals surface area contributed by atoms with Crippen LogP contribution in [0.2, 0.25) is 0 Å². The van der Waals surface area contributed by atoms with E-state index in [1.54, 1.807) is 0 Å². The van der Waals surface area contributed by atoms with E-state index < -0.39 is 5.60 Å². The number of aromatic amines is 1. The first-order valence-electron chi connectivity index (χ1n) is 7.71. The van der Waals surface area contributed by atoms with E-state index in [-0.39, 0.29) is 17.0 Å². The van der Waals surface area contributed by atoms with E-state index in [9.17, 15) is 9.59 Å². The van der Waals surface area contributed by atoms with E-state index in [2.05, 4.69) is 15.6 Å². The van der Waals surface area contributed by atoms with Crippen LogP contribution in [0.25, 0.3) is 0 Å². The van der Waals surface area contributed by atoms with Crippen molar-refractivity contribution in [2.45, 2.75) is 70.7 Å². The second-order valence-corrected chi connectivity index (χ2v) is 7.60. The zero-order valence-electron chi connectivity index (χ0n) is 13.4. The van der Waals surface area contributed by atoms with E-state index in [1.165, 1.54) is 11.3 Å². The molecule has 0 saturated heterocycles. The molecule has 1 aliphatic carbocycles. The molecule has 2 atom stereocenters. The van der Waals surface area contributed by atoms with Crippen LogP contribution < -0.4 is 15.5 Å². The molecule has 0 radical (unpaired) electrons. The summed E-state index contributed by atoms with van der Waals surface area (Å²) in [6.45, 7) is 6.24. The van der Waals surface area contributed by atoms with Crippen molar-refractivity contribution in [3.63, 3.8) is 0 Å². The summed E-state index contributed by atoms with van der Waals surface area (Å²) in [6, 6.07) is 0.486. The molecule has 22 heavy (non-hydrogen) atoms. The van der Waals surface area contributed by atoms with E-state index in [4.69, 9.17) is 4.74 Å². The zero-order valence-corrected chi connectivity index (χ0v) is 14.2. The summed E-state index contributed by atoms with van der Waals surface area (Å²) in [5.74, 6) is 0. The van der Waals surface area contributed by atoms with Gasteiger partial charge < -0.3 is 20.4 Å². The van der Waals surface area contributed by atoms with Gasteiger partial charge in [0.2, 0.25) is 0 Å². The molecule has 6 nitrogen and oxygen atoms in total. The van der Waals surface area contributed by atoms with Gasteiger partial charge >= 0.3 is 11.0 Å². The lowest BCUT2D eigenvalue weighted by Crippen LogP contribution is -2.45. The van der Waals surface area contributed by atoms with Gasteiger partial charge in [0.25, 0.3) is 0 Å². The maximum absolute atomic E-state index is 11.8. The summed E-state index contributed by atoms with van der Waals surface area (Å²) < 4.78 is 5.30. The van der Waals surface area contributed by atoms with Crippen LogP contribution in [0.5, 0.6) is 0 Å². The second kappa shape index (κ2) is 7.28. The number of nitrogens with one attached hydrogen (secondary N) is 3. The van der Waals surface area contributed by atoms with Gasteiger partial charge in [0.1, 0.15) is 5.60 Å². The molecule has 1 aromatic rings. The molecular formula is C15H25N3O3S. The molecule has 0 aromatic carbocycles. The number of alkyl carbamates (subject to hydrolysis) is 1. The minimum atomic E-state index is -0.471.